The van der Waals surface area contributed by atoms with Crippen LogP contribution in [0.2, 0.25) is 0 Å². The van der Waals surface area contributed by atoms with Gasteiger partial charge in [0.2, 0.25) is 10.0 Å². The van der Waals surface area contributed by atoms with Crippen LogP contribution in [0.5, 0.6) is 0 Å². The lowest BCUT2D eigenvalue weighted by Gasteiger charge is -2.18. The molecule has 0 spiro atoms. The lowest BCUT2D eigenvalue weighted by Crippen LogP contribution is -2.33. The van der Waals surface area contributed by atoms with Crippen LogP contribution in [0, 0.1) is 0 Å². The van der Waals surface area contributed by atoms with Gasteiger partial charge in [-0.25, -0.2) is 22.7 Å². The van der Waals surface area contributed by atoms with Crippen molar-refractivity contribution in [2.24, 2.45) is 0 Å². The molecule has 0 fully saturated rings. The van der Waals surface area contributed by atoms with E-state index in [1.165, 1.54) is 6.92 Å². The van der Waals surface area contributed by atoms with Gasteiger partial charge in [0.25, 0.3) is 0 Å². The summed E-state index contributed by atoms with van der Waals surface area (Å²) in [6.45, 7) is 3.16. The Bertz CT molecular complexity index is 669. The Kier molecular flexibility index (Phi) is 8.14. The average molecular weight is 355 g/mol. The first kappa shape index (κ1) is 19.9. The highest BCUT2D eigenvalue weighted by atomic mass is 32.2. The monoisotopic (exact) mass is 355 g/mol. The first-order valence-electron chi connectivity index (χ1n) is 7.44. The molecular formula is C16H21NO6S. The van der Waals surface area contributed by atoms with Crippen LogP contribution >= 0.6 is 0 Å². The highest BCUT2D eigenvalue weighted by molar-refractivity contribution is 7.89. The molecule has 1 atom stereocenters. The third-order valence-corrected chi connectivity index (χ3v) is 4.34. The number of carbonyl (C=O) groups is 2. The van der Waals surface area contributed by atoms with Gasteiger partial charge in [0.05, 0.1) is 18.4 Å². The zero-order valence-corrected chi connectivity index (χ0v) is 14.4. The van der Waals surface area contributed by atoms with Crippen LogP contribution in [0.15, 0.2) is 42.5 Å². The lowest BCUT2D eigenvalue weighted by molar-refractivity contribution is -0.140. The predicted molar refractivity (Wildman–Crippen MR) is 88.5 cm³/mol. The smallest absolute Gasteiger partial charge is 0.331 e. The van der Waals surface area contributed by atoms with E-state index in [9.17, 15) is 18.0 Å². The average Bonchev–Trinajstić information content (AvgIpc) is 2.57. The van der Waals surface area contributed by atoms with Crippen molar-refractivity contribution < 1.29 is 27.5 Å². The second-order valence-electron chi connectivity index (χ2n) is 4.70. The van der Waals surface area contributed by atoms with Gasteiger partial charge < -0.3 is 9.47 Å². The van der Waals surface area contributed by atoms with Gasteiger partial charge >= 0.3 is 11.9 Å². The fourth-order valence-electron chi connectivity index (χ4n) is 1.72. The number of hydrogen-bond acceptors (Lipinski definition) is 6. The Labute approximate surface area is 141 Å². The van der Waals surface area contributed by atoms with E-state index in [-0.39, 0.29) is 19.0 Å². The van der Waals surface area contributed by atoms with Crippen molar-refractivity contribution >= 4 is 22.0 Å². The second kappa shape index (κ2) is 9.84. The van der Waals surface area contributed by atoms with E-state index in [1.54, 1.807) is 37.3 Å². The Morgan fingerprint density at radius 1 is 1.08 bits per heavy atom. The van der Waals surface area contributed by atoms with Crippen molar-refractivity contribution in [3.63, 3.8) is 0 Å². The standard InChI is InChI=1S/C16H21NO6S/c1-3-22-15(18)10-11-16(19)23-12-14(17-24(20,21)4-2)13-8-6-5-7-9-13/h5-11,14,17H,3-4,12H2,1-2H3/b11-10+. The minimum Gasteiger partial charge on any atom is -0.463 e. The number of benzene rings is 1. The van der Waals surface area contributed by atoms with Gasteiger partial charge in [-0.1, -0.05) is 30.3 Å². The SMILES string of the molecule is CCOC(=O)/C=C/C(=O)OCC(NS(=O)(=O)CC)c1ccccc1. The molecule has 0 radical (unpaired) electrons. The summed E-state index contributed by atoms with van der Waals surface area (Å²) in [7, 11) is -3.48. The van der Waals surface area contributed by atoms with Crippen LogP contribution < -0.4 is 4.72 Å². The van der Waals surface area contributed by atoms with E-state index in [2.05, 4.69) is 9.46 Å². The Morgan fingerprint density at radius 2 is 1.67 bits per heavy atom. The topological polar surface area (TPSA) is 98.8 Å². The molecule has 0 amide bonds. The Morgan fingerprint density at radius 3 is 2.21 bits per heavy atom. The predicted octanol–water partition coefficient (Wildman–Crippen LogP) is 1.33. The maximum atomic E-state index is 11.8. The zero-order chi connectivity index (χ0) is 18.0. The number of esters is 2. The molecule has 1 aromatic rings. The fourth-order valence-corrected chi connectivity index (χ4v) is 2.53. The second-order valence-corrected chi connectivity index (χ2v) is 6.74. The van der Waals surface area contributed by atoms with E-state index in [4.69, 9.17) is 4.74 Å². The molecule has 1 rings (SSSR count). The van der Waals surface area contributed by atoms with Crippen LogP contribution in [0.25, 0.3) is 0 Å². The molecule has 1 unspecified atom stereocenters. The highest BCUT2D eigenvalue weighted by Crippen LogP contribution is 2.14. The molecular weight excluding hydrogens is 334 g/mol. The molecule has 7 nitrogen and oxygen atoms in total. The van der Waals surface area contributed by atoms with Crippen molar-refractivity contribution in [2.45, 2.75) is 19.9 Å². The van der Waals surface area contributed by atoms with Crippen molar-refractivity contribution in [1.29, 1.82) is 0 Å². The third-order valence-electron chi connectivity index (χ3n) is 2.94. The van der Waals surface area contributed by atoms with Crippen LogP contribution in [0.3, 0.4) is 0 Å². The molecule has 0 bridgehead atoms. The number of hydrogen-bond donors (Lipinski definition) is 1. The van der Waals surface area contributed by atoms with Gasteiger partial charge in [-0.2, -0.15) is 0 Å². The molecule has 132 valence electrons. The molecule has 0 heterocycles. The van der Waals surface area contributed by atoms with E-state index in [1.807, 2.05) is 0 Å². The van der Waals surface area contributed by atoms with E-state index < -0.39 is 28.0 Å². The van der Waals surface area contributed by atoms with E-state index >= 15 is 0 Å². The zero-order valence-electron chi connectivity index (χ0n) is 13.6. The minimum absolute atomic E-state index is 0.0902. The van der Waals surface area contributed by atoms with Gasteiger partial charge in [0, 0.05) is 12.2 Å². The number of nitrogens with one attached hydrogen (secondary N) is 1. The molecule has 1 N–H and O–H groups in total. The van der Waals surface area contributed by atoms with Crippen molar-refractivity contribution in [3.8, 4) is 0 Å². The summed E-state index contributed by atoms with van der Waals surface area (Å²) in [5.41, 5.74) is 0.664. The first-order valence-corrected chi connectivity index (χ1v) is 9.09. The molecule has 0 aliphatic carbocycles. The highest BCUT2D eigenvalue weighted by Gasteiger charge is 2.19. The maximum absolute atomic E-state index is 11.8. The molecule has 0 saturated carbocycles. The molecule has 1 aromatic carbocycles. The Hall–Kier alpha value is -2.19. The van der Waals surface area contributed by atoms with Gasteiger partial charge in [0.1, 0.15) is 6.61 Å². The molecule has 0 aliphatic rings. The van der Waals surface area contributed by atoms with E-state index in [0.29, 0.717) is 5.56 Å². The molecule has 0 aliphatic heterocycles. The molecule has 24 heavy (non-hydrogen) atoms. The summed E-state index contributed by atoms with van der Waals surface area (Å²) >= 11 is 0. The quantitative estimate of drug-likeness (QED) is 0.530. The maximum Gasteiger partial charge on any atom is 0.331 e. The van der Waals surface area contributed by atoms with Crippen molar-refractivity contribution in [1.82, 2.24) is 4.72 Å². The van der Waals surface area contributed by atoms with Gasteiger partial charge in [-0.15, -0.1) is 0 Å². The summed E-state index contributed by atoms with van der Waals surface area (Å²) in [6.07, 6.45) is 1.90. The normalized spacial score (nSPS) is 12.8. The van der Waals surface area contributed by atoms with Gasteiger partial charge in [-0.05, 0) is 19.4 Å². The summed E-state index contributed by atoms with van der Waals surface area (Å²) in [5, 5.41) is 0. The van der Waals surface area contributed by atoms with Crippen molar-refractivity contribution in [2.75, 3.05) is 19.0 Å². The fraction of sp³-hybridized carbons (Fsp3) is 0.375. The van der Waals surface area contributed by atoms with Crippen LogP contribution in [0.1, 0.15) is 25.5 Å². The van der Waals surface area contributed by atoms with Crippen LogP contribution in [-0.2, 0) is 29.1 Å². The van der Waals surface area contributed by atoms with Crippen LogP contribution in [-0.4, -0.2) is 39.3 Å². The summed E-state index contributed by atoms with van der Waals surface area (Å²) in [6, 6.07) is 8.05. The number of sulfonamides is 1. The Balaban J connectivity index is 2.72. The van der Waals surface area contributed by atoms with Crippen molar-refractivity contribution in [3.05, 3.63) is 48.0 Å². The third kappa shape index (κ3) is 7.38. The first-order chi connectivity index (χ1) is 11.4. The van der Waals surface area contributed by atoms with Gasteiger partial charge in [-0.3, -0.25) is 0 Å². The number of carbonyl (C=O) groups excluding carboxylic acids is 2. The minimum atomic E-state index is -3.48. The number of ether oxygens (including phenoxy) is 2. The molecule has 0 aromatic heterocycles. The van der Waals surface area contributed by atoms with E-state index in [0.717, 1.165) is 12.2 Å². The largest absolute Gasteiger partial charge is 0.463 e. The number of rotatable bonds is 9. The lowest BCUT2D eigenvalue weighted by atomic mass is 10.1. The van der Waals surface area contributed by atoms with Gasteiger partial charge in [0.15, 0.2) is 0 Å². The summed E-state index contributed by atoms with van der Waals surface area (Å²) < 4.78 is 35.7. The molecule has 8 heteroatoms. The summed E-state index contributed by atoms with van der Waals surface area (Å²) in [4.78, 5) is 22.8. The summed E-state index contributed by atoms with van der Waals surface area (Å²) in [5.74, 6) is -1.51. The van der Waals surface area contributed by atoms with Crippen LogP contribution in [0.4, 0.5) is 0 Å². The molecule has 0 saturated heterocycles.